The monoisotopic (exact) mass is 159 g/mol. The summed E-state index contributed by atoms with van der Waals surface area (Å²) in [5.41, 5.74) is 2.00. The Morgan fingerprint density at radius 1 is 1.42 bits per heavy atom. The lowest BCUT2D eigenvalue weighted by atomic mass is 10.3. The highest BCUT2D eigenvalue weighted by atomic mass is 14.9. The molecule has 0 atom stereocenters. The number of nitrogens with one attached hydrogen (secondary N) is 2. The fraction of sp³-hybridized carbons (Fsp3) is 0.111. The molecular weight excluding hydrogens is 150 g/mol. The Bertz CT molecular complexity index is 370. The minimum atomic E-state index is 0.578. The fourth-order valence-electron chi connectivity index (χ4n) is 1.20. The zero-order valence-electron chi connectivity index (χ0n) is 6.54. The number of aromatic amines is 1. The van der Waals surface area contributed by atoms with Crippen LogP contribution in [0.3, 0.4) is 0 Å². The van der Waals surface area contributed by atoms with E-state index in [0.717, 1.165) is 16.9 Å². The van der Waals surface area contributed by atoms with Gasteiger partial charge in [0.25, 0.3) is 0 Å². The Morgan fingerprint density at radius 2 is 2.25 bits per heavy atom. The van der Waals surface area contributed by atoms with Gasteiger partial charge in [0.05, 0.1) is 11.0 Å². The molecule has 3 heteroatoms. The van der Waals surface area contributed by atoms with Crippen molar-refractivity contribution < 1.29 is 0 Å². The average Bonchev–Trinajstić information content (AvgIpc) is 2.47. The number of nitrogens with zero attached hydrogens (tertiary/aromatic N) is 1. The molecule has 2 N–H and O–H groups in total. The van der Waals surface area contributed by atoms with E-state index in [9.17, 15) is 0 Å². The number of benzene rings is 1. The lowest BCUT2D eigenvalue weighted by Crippen LogP contribution is -1.86. The summed E-state index contributed by atoms with van der Waals surface area (Å²) in [6, 6.07) is 7.86. The first-order valence-electron chi connectivity index (χ1n) is 3.83. The molecule has 60 valence electrons. The van der Waals surface area contributed by atoms with Crippen LogP contribution in [0.2, 0.25) is 0 Å². The summed E-state index contributed by atoms with van der Waals surface area (Å²) in [5, 5.41) is 6.93. The molecule has 0 aliphatic heterocycles. The Balaban J connectivity index is 2.54. The molecule has 2 rings (SSSR count). The third-order valence-corrected chi connectivity index (χ3v) is 1.73. The van der Waals surface area contributed by atoms with E-state index in [1.807, 2.05) is 24.3 Å². The fourth-order valence-corrected chi connectivity index (χ4v) is 1.20. The van der Waals surface area contributed by atoms with E-state index in [2.05, 4.69) is 9.97 Å². The molecule has 2 aromatic rings. The molecule has 12 heavy (non-hydrogen) atoms. The van der Waals surface area contributed by atoms with Crippen molar-refractivity contribution >= 4 is 17.2 Å². The molecule has 0 spiro atoms. The summed E-state index contributed by atoms with van der Waals surface area (Å²) in [6.07, 6.45) is 1.92. The lowest BCUT2D eigenvalue weighted by molar-refractivity contribution is 1.11. The number of rotatable bonds is 2. The van der Waals surface area contributed by atoms with E-state index in [4.69, 9.17) is 5.41 Å². The van der Waals surface area contributed by atoms with E-state index in [-0.39, 0.29) is 0 Å². The summed E-state index contributed by atoms with van der Waals surface area (Å²) in [4.78, 5) is 7.43. The van der Waals surface area contributed by atoms with Crippen LogP contribution in [0.4, 0.5) is 0 Å². The van der Waals surface area contributed by atoms with Crippen molar-refractivity contribution in [2.24, 2.45) is 0 Å². The van der Waals surface area contributed by atoms with Gasteiger partial charge in [-0.25, -0.2) is 4.98 Å². The van der Waals surface area contributed by atoms with Crippen molar-refractivity contribution in [1.29, 1.82) is 5.41 Å². The van der Waals surface area contributed by atoms with Crippen LogP contribution in [-0.4, -0.2) is 16.2 Å². The first-order chi connectivity index (χ1) is 5.90. The second-order valence-electron chi connectivity index (χ2n) is 2.61. The van der Waals surface area contributed by atoms with Crippen molar-refractivity contribution in [3.8, 4) is 0 Å². The van der Waals surface area contributed by atoms with Gasteiger partial charge in [0.1, 0.15) is 5.82 Å². The van der Waals surface area contributed by atoms with Crippen LogP contribution in [0.15, 0.2) is 24.3 Å². The molecular formula is C9H9N3. The van der Waals surface area contributed by atoms with Crippen LogP contribution >= 0.6 is 0 Å². The van der Waals surface area contributed by atoms with Crippen LogP contribution in [0.5, 0.6) is 0 Å². The SMILES string of the molecule is N=CCc1nc2ccccc2[nH]1. The van der Waals surface area contributed by atoms with Crippen LogP contribution in [0, 0.1) is 5.41 Å². The smallest absolute Gasteiger partial charge is 0.112 e. The van der Waals surface area contributed by atoms with Crippen molar-refractivity contribution in [2.75, 3.05) is 0 Å². The van der Waals surface area contributed by atoms with E-state index in [1.165, 1.54) is 6.21 Å². The van der Waals surface area contributed by atoms with Crippen molar-refractivity contribution in [3.05, 3.63) is 30.1 Å². The molecule has 0 amide bonds. The third kappa shape index (κ3) is 1.09. The lowest BCUT2D eigenvalue weighted by Gasteiger charge is -1.82. The van der Waals surface area contributed by atoms with Gasteiger partial charge in [0.2, 0.25) is 0 Å². The Hall–Kier alpha value is -1.64. The molecule has 0 aliphatic carbocycles. The number of hydrogen-bond donors (Lipinski definition) is 2. The predicted molar refractivity (Wildman–Crippen MR) is 48.6 cm³/mol. The molecule has 0 aliphatic rings. The first-order valence-corrected chi connectivity index (χ1v) is 3.83. The average molecular weight is 159 g/mol. The highest BCUT2D eigenvalue weighted by molar-refractivity contribution is 5.75. The molecule has 0 fully saturated rings. The highest BCUT2D eigenvalue weighted by Crippen LogP contribution is 2.09. The van der Waals surface area contributed by atoms with Gasteiger partial charge in [-0.2, -0.15) is 0 Å². The molecule has 0 saturated heterocycles. The van der Waals surface area contributed by atoms with Gasteiger partial charge in [-0.3, -0.25) is 0 Å². The maximum Gasteiger partial charge on any atom is 0.112 e. The third-order valence-electron chi connectivity index (χ3n) is 1.73. The maximum absolute atomic E-state index is 6.93. The summed E-state index contributed by atoms with van der Waals surface area (Å²) < 4.78 is 0. The van der Waals surface area contributed by atoms with Crippen LogP contribution in [0.25, 0.3) is 11.0 Å². The topological polar surface area (TPSA) is 52.5 Å². The van der Waals surface area contributed by atoms with Gasteiger partial charge in [0, 0.05) is 12.6 Å². The predicted octanol–water partition coefficient (Wildman–Crippen LogP) is 1.75. The number of H-pyrrole nitrogens is 1. The zero-order valence-corrected chi connectivity index (χ0v) is 6.54. The van der Waals surface area contributed by atoms with Crippen molar-refractivity contribution in [3.63, 3.8) is 0 Å². The molecule has 1 aromatic carbocycles. The molecule has 0 saturated carbocycles. The Morgan fingerprint density at radius 3 is 3.00 bits per heavy atom. The van der Waals surface area contributed by atoms with Crippen LogP contribution in [-0.2, 0) is 6.42 Å². The van der Waals surface area contributed by atoms with Gasteiger partial charge in [-0.15, -0.1) is 0 Å². The van der Waals surface area contributed by atoms with Crippen molar-refractivity contribution in [2.45, 2.75) is 6.42 Å². The second kappa shape index (κ2) is 2.77. The Kier molecular flexibility index (Phi) is 1.63. The second-order valence-corrected chi connectivity index (χ2v) is 2.61. The van der Waals surface area contributed by atoms with Gasteiger partial charge >= 0.3 is 0 Å². The molecule has 0 bridgehead atoms. The maximum atomic E-state index is 6.93. The van der Waals surface area contributed by atoms with Gasteiger partial charge in [-0.1, -0.05) is 12.1 Å². The van der Waals surface area contributed by atoms with Gasteiger partial charge < -0.3 is 10.4 Å². The number of fused-ring (bicyclic) bond motifs is 1. The van der Waals surface area contributed by atoms with Crippen molar-refractivity contribution in [1.82, 2.24) is 9.97 Å². The normalized spacial score (nSPS) is 10.3. The van der Waals surface area contributed by atoms with Gasteiger partial charge in [-0.05, 0) is 12.1 Å². The van der Waals surface area contributed by atoms with E-state index >= 15 is 0 Å². The minimum Gasteiger partial charge on any atom is -0.342 e. The number of imidazole rings is 1. The summed E-state index contributed by atoms with van der Waals surface area (Å²) in [7, 11) is 0. The van der Waals surface area contributed by atoms with Gasteiger partial charge in [0.15, 0.2) is 0 Å². The highest BCUT2D eigenvalue weighted by Gasteiger charge is 1.98. The quantitative estimate of drug-likeness (QED) is 0.644. The Labute approximate surface area is 70.0 Å². The van der Waals surface area contributed by atoms with E-state index < -0.39 is 0 Å². The van der Waals surface area contributed by atoms with Crippen LogP contribution < -0.4 is 0 Å². The molecule has 0 radical (unpaired) electrons. The molecule has 3 nitrogen and oxygen atoms in total. The largest absolute Gasteiger partial charge is 0.342 e. The first kappa shape index (κ1) is 7.03. The standard InChI is InChI=1S/C9H9N3/c10-6-5-9-11-7-3-1-2-4-8(7)12-9/h1-4,6,10H,5H2,(H,11,12). The van der Waals surface area contributed by atoms with E-state index in [1.54, 1.807) is 0 Å². The summed E-state index contributed by atoms with van der Waals surface area (Å²) in [6.45, 7) is 0. The molecule has 1 heterocycles. The summed E-state index contributed by atoms with van der Waals surface area (Å²) >= 11 is 0. The number of hydrogen-bond acceptors (Lipinski definition) is 2. The van der Waals surface area contributed by atoms with E-state index in [0.29, 0.717) is 6.42 Å². The number of aromatic nitrogens is 2. The minimum absolute atomic E-state index is 0.578. The molecule has 0 unspecified atom stereocenters. The van der Waals surface area contributed by atoms with Crippen LogP contribution in [0.1, 0.15) is 5.82 Å². The summed E-state index contributed by atoms with van der Waals surface area (Å²) in [5.74, 6) is 0.853. The number of para-hydroxylation sites is 2. The molecule has 1 aromatic heterocycles. The zero-order chi connectivity index (χ0) is 8.39.